The van der Waals surface area contributed by atoms with Crippen LogP contribution in [0.15, 0.2) is 48.7 Å². The Balaban J connectivity index is 1.28. The van der Waals surface area contributed by atoms with Crippen LogP contribution in [0.3, 0.4) is 0 Å². The van der Waals surface area contributed by atoms with Gasteiger partial charge in [0, 0.05) is 31.2 Å². The molecule has 1 aliphatic heterocycles. The fraction of sp³-hybridized carbons (Fsp3) is 0.500. The van der Waals surface area contributed by atoms with Crippen molar-refractivity contribution in [3.05, 3.63) is 59.9 Å². The molecule has 2 aliphatic rings. The minimum atomic E-state index is 0.246. The van der Waals surface area contributed by atoms with Crippen LogP contribution in [-0.2, 0) is 6.42 Å². The van der Waals surface area contributed by atoms with E-state index in [-0.39, 0.29) is 5.75 Å². The van der Waals surface area contributed by atoms with Crippen molar-refractivity contribution in [3.8, 4) is 5.75 Å². The lowest BCUT2D eigenvalue weighted by atomic mass is 9.96. The zero-order valence-electron chi connectivity index (χ0n) is 15.0. The third-order valence-electron chi connectivity index (χ3n) is 6.10. The van der Waals surface area contributed by atoms with Crippen molar-refractivity contribution in [2.75, 3.05) is 19.6 Å². The van der Waals surface area contributed by atoms with Crippen LogP contribution in [-0.4, -0.2) is 34.6 Å². The van der Waals surface area contributed by atoms with Gasteiger partial charge in [-0.1, -0.05) is 37.3 Å². The van der Waals surface area contributed by atoms with E-state index in [4.69, 9.17) is 0 Å². The van der Waals surface area contributed by atoms with E-state index < -0.39 is 0 Å². The average molecular weight is 336 g/mol. The standard InChI is InChI=1S/C22H28N2O/c1-16(22-8-7-21(25)12-23-22)13-24-14-19-10-18(11-20(19)15-24)9-17-5-3-2-4-6-17/h2-8,12,16,18-20,25H,9-11,13-15H2,1H3/t16?,18-,19+,20-. The van der Waals surface area contributed by atoms with Crippen molar-refractivity contribution in [1.82, 2.24) is 9.88 Å². The van der Waals surface area contributed by atoms with E-state index in [0.29, 0.717) is 5.92 Å². The van der Waals surface area contributed by atoms with Gasteiger partial charge in [0.15, 0.2) is 0 Å². The molecule has 2 aromatic rings. The van der Waals surface area contributed by atoms with Crippen LogP contribution >= 0.6 is 0 Å². The SMILES string of the molecule is CC(CN1C[C@H]2C[C@H](Cc3ccccc3)C[C@H]2C1)c1ccc(O)cn1. The lowest BCUT2D eigenvalue weighted by Crippen LogP contribution is -2.27. The fourth-order valence-corrected chi connectivity index (χ4v) is 4.96. The molecule has 3 heteroatoms. The van der Waals surface area contributed by atoms with Crippen molar-refractivity contribution in [3.63, 3.8) is 0 Å². The Bertz CT molecular complexity index is 671. The zero-order chi connectivity index (χ0) is 17.2. The highest BCUT2D eigenvalue weighted by Crippen LogP contribution is 2.43. The van der Waals surface area contributed by atoms with Gasteiger partial charge < -0.3 is 10.0 Å². The first-order valence-corrected chi connectivity index (χ1v) is 9.58. The summed E-state index contributed by atoms with van der Waals surface area (Å²) in [7, 11) is 0. The Morgan fingerprint density at radius 2 is 1.80 bits per heavy atom. The molecule has 2 fully saturated rings. The van der Waals surface area contributed by atoms with Gasteiger partial charge in [0.25, 0.3) is 0 Å². The summed E-state index contributed by atoms with van der Waals surface area (Å²) in [5.74, 6) is 3.30. The lowest BCUT2D eigenvalue weighted by Gasteiger charge is -2.22. The molecule has 2 heterocycles. The molecule has 0 amide bonds. The summed E-state index contributed by atoms with van der Waals surface area (Å²) in [6.07, 6.45) is 5.59. The fourth-order valence-electron chi connectivity index (χ4n) is 4.96. The summed E-state index contributed by atoms with van der Waals surface area (Å²) < 4.78 is 0. The zero-order valence-corrected chi connectivity index (χ0v) is 15.0. The van der Waals surface area contributed by atoms with Crippen LogP contribution in [0.25, 0.3) is 0 Å². The maximum Gasteiger partial charge on any atom is 0.133 e. The van der Waals surface area contributed by atoms with Gasteiger partial charge in [-0.25, -0.2) is 0 Å². The molecule has 4 rings (SSSR count). The Morgan fingerprint density at radius 1 is 1.08 bits per heavy atom. The number of aromatic nitrogens is 1. The van der Waals surface area contributed by atoms with Crippen molar-refractivity contribution >= 4 is 0 Å². The number of fused-ring (bicyclic) bond motifs is 1. The van der Waals surface area contributed by atoms with Gasteiger partial charge in [-0.05, 0) is 54.7 Å². The van der Waals surface area contributed by atoms with Crippen LogP contribution < -0.4 is 0 Å². The smallest absolute Gasteiger partial charge is 0.133 e. The molecule has 1 aromatic heterocycles. The second-order valence-corrected chi connectivity index (χ2v) is 8.11. The molecular weight excluding hydrogens is 308 g/mol. The highest BCUT2D eigenvalue weighted by molar-refractivity contribution is 5.20. The Morgan fingerprint density at radius 3 is 2.44 bits per heavy atom. The molecule has 0 bridgehead atoms. The van der Waals surface area contributed by atoms with Crippen LogP contribution in [0, 0.1) is 17.8 Å². The molecular formula is C22H28N2O. The molecule has 132 valence electrons. The van der Waals surface area contributed by atoms with Crippen LogP contribution in [0.5, 0.6) is 5.75 Å². The minimum absolute atomic E-state index is 0.246. The molecule has 1 aromatic carbocycles. The van der Waals surface area contributed by atoms with Crippen LogP contribution in [0.1, 0.15) is 36.9 Å². The number of nitrogens with zero attached hydrogens (tertiary/aromatic N) is 2. The van der Waals surface area contributed by atoms with E-state index in [0.717, 1.165) is 30.0 Å². The number of pyridine rings is 1. The van der Waals surface area contributed by atoms with E-state index in [9.17, 15) is 5.11 Å². The topological polar surface area (TPSA) is 36.4 Å². The number of likely N-dealkylation sites (tertiary alicyclic amines) is 1. The monoisotopic (exact) mass is 336 g/mol. The maximum atomic E-state index is 9.39. The number of hydrogen-bond donors (Lipinski definition) is 1. The number of benzene rings is 1. The van der Waals surface area contributed by atoms with Gasteiger partial charge >= 0.3 is 0 Å². The van der Waals surface area contributed by atoms with Crippen LogP contribution in [0.2, 0.25) is 0 Å². The molecule has 0 spiro atoms. The quantitative estimate of drug-likeness (QED) is 0.893. The summed E-state index contributed by atoms with van der Waals surface area (Å²) >= 11 is 0. The van der Waals surface area contributed by atoms with E-state index >= 15 is 0 Å². The number of hydrogen-bond acceptors (Lipinski definition) is 3. The predicted molar refractivity (Wildman–Crippen MR) is 101 cm³/mol. The summed E-state index contributed by atoms with van der Waals surface area (Å²) in [6.45, 7) is 5.82. The molecule has 1 saturated carbocycles. The summed E-state index contributed by atoms with van der Waals surface area (Å²) in [6, 6.07) is 14.7. The minimum Gasteiger partial charge on any atom is -0.506 e. The molecule has 3 nitrogen and oxygen atoms in total. The average Bonchev–Trinajstić information content (AvgIpc) is 3.14. The molecule has 1 aliphatic carbocycles. The molecule has 25 heavy (non-hydrogen) atoms. The first kappa shape index (κ1) is 16.6. The van der Waals surface area contributed by atoms with Crippen molar-refractivity contribution in [2.45, 2.75) is 32.1 Å². The van der Waals surface area contributed by atoms with Gasteiger partial charge in [-0.3, -0.25) is 4.98 Å². The van der Waals surface area contributed by atoms with Gasteiger partial charge in [0.2, 0.25) is 0 Å². The van der Waals surface area contributed by atoms with E-state index in [1.165, 1.54) is 37.9 Å². The van der Waals surface area contributed by atoms with E-state index in [1.807, 2.05) is 6.07 Å². The lowest BCUT2D eigenvalue weighted by molar-refractivity contribution is 0.282. The largest absolute Gasteiger partial charge is 0.506 e. The Hall–Kier alpha value is -1.87. The number of aromatic hydroxyl groups is 1. The van der Waals surface area contributed by atoms with Gasteiger partial charge in [-0.15, -0.1) is 0 Å². The third kappa shape index (κ3) is 3.87. The van der Waals surface area contributed by atoms with Gasteiger partial charge in [0.1, 0.15) is 5.75 Å². The number of rotatable bonds is 5. The third-order valence-corrected chi connectivity index (χ3v) is 6.10. The summed E-state index contributed by atoms with van der Waals surface area (Å²) in [5, 5.41) is 9.39. The summed E-state index contributed by atoms with van der Waals surface area (Å²) in [5.41, 5.74) is 2.58. The second kappa shape index (κ2) is 7.17. The molecule has 0 radical (unpaired) electrons. The second-order valence-electron chi connectivity index (χ2n) is 8.11. The molecule has 4 atom stereocenters. The summed E-state index contributed by atoms with van der Waals surface area (Å²) in [4.78, 5) is 7.01. The van der Waals surface area contributed by atoms with Crippen molar-refractivity contribution in [2.24, 2.45) is 17.8 Å². The first-order valence-electron chi connectivity index (χ1n) is 9.58. The van der Waals surface area contributed by atoms with Gasteiger partial charge in [0.05, 0.1) is 6.20 Å². The predicted octanol–water partition coefficient (Wildman–Crippen LogP) is 4.09. The van der Waals surface area contributed by atoms with Crippen LogP contribution in [0.4, 0.5) is 0 Å². The molecule has 1 N–H and O–H groups in total. The molecule has 1 saturated heterocycles. The van der Waals surface area contributed by atoms with E-state index in [1.54, 1.807) is 12.3 Å². The highest BCUT2D eigenvalue weighted by atomic mass is 16.3. The Labute approximate surface area is 150 Å². The van der Waals surface area contributed by atoms with Crippen molar-refractivity contribution < 1.29 is 5.11 Å². The highest BCUT2D eigenvalue weighted by Gasteiger charge is 2.40. The van der Waals surface area contributed by atoms with E-state index in [2.05, 4.69) is 47.1 Å². The normalized spacial score (nSPS) is 27.3. The first-order chi connectivity index (χ1) is 12.2. The molecule has 1 unspecified atom stereocenters. The van der Waals surface area contributed by atoms with Crippen molar-refractivity contribution in [1.29, 1.82) is 0 Å². The maximum absolute atomic E-state index is 9.39. The Kier molecular flexibility index (Phi) is 4.76. The van der Waals surface area contributed by atoms with Gasteiger partial charge in [-0.2, -0.15) is 0 Å².